The highest BCUT2D eigenvalue weighted by Crippen LogP contribution is 2.34. The lowest BCUT2D eigenvalue weighted by molar-refractivity contribution is 0.435. The Labute approximate surface area is 110 Å². The van der Waals surface area contributed by atoms with Gasteiger partial charge in [0, 0.05) is 12.2 Å². The van der Waals surface area contributed by atoms with Crippen molar-refractivity contribution >= 4 is 27.7 Å². The molecule has 1 heterocycles. The first kappa shape index (κ1) is 12.6. The van der Waals surface area contributed by atoms with Gasteiger partial charge in [-0.1, -0.05) is 13.8 Å². The number of hydrogen-bond donors (Lipinski definition) is 3. The number of nitrogen functional groups attached to an aromatic ring is 1. The molecule has 0 saturated heterocycles. The highest BCUT2D eigenvalue weighted by Gasteiger charge is 2.30. The van der Waals surface area contributed by atoms with E-state index >= 15 is 0 Å². The second-order valence-electron chi connectivity index (χ2n) is 4.70. The van der Waals surface area contributed by atoms with E-state index in [4.69, 9.17) is 5.84 Å². The third-order valence-corrected chi connectivity index (χ3v) is 4.24. The standard InChI is InChI=1S/C11H18BrN5/c1-6-3-4-9(7(6)2)15-10-8(12)5-14-11(16-10)17-13/h5-7,9H,3-4,13H2,1-2H3,(H2,14,15,16,17). The van der Waals surface area contributed by atoms with Gasteiger partial charge in [0.25, 0.3) is 0 Å². The van der Waals surface area contributed by atoms with Gasteiger partial charge >= 0.3 is 0 Å². The van der Waals surface area contributed by atoms with Gasteiger partial charge in [-0.05, 0) is 40.6 Å². The molecule has 6 heteroatoms. The average Bonchev–Trinajstić information content (AvgIpc) is 2.64. The van der Waals surface area contributed by atoms with Gasteiger partial charge in [0.1, 0.15) is 5.82 Å². The Balaban J connectivity index is 2.13. The van der Waals surface area contributed by atoms with Crippen LogP contribution in [0.3, 0.4) is 0 Å². The maximum absolute atomic E-state index is 5.31. The molecule has 3 unspecified atom stereocenters. The van der Waals surface area contributed by atoms with Gasteiger partial charge in [0.2, 0.25) is 5.95 Å². The smallest absolute Gasteiger partial charge is 0.239 e. The number of halogens is 1. The van der Waals surface area contributed by atoms with Crippen molar-refractivity contribution in [2.75, 3.05) is 10.7 Å². The van der Waals surface area contributed by atoms with Crippen molar-refractivity contribution in [1.82, 2.24) is 9.97 Å². The Bertz CT molecular complexity index is 397. The average molecular weight is 300 g/mol. The van der Waals surface area contributed by atoms with Crippen LogP contribution < -0.4 is 16.6 Å². The summed E-state index contributed by atoms with van der Waals surface area (Å²) in [7, 11) is 0. The van der Waals surface area contributed by atoms with E-state index in [0.29, 0.717) is 17.9 Å². The quantitative estimate of drug-likeness (QED) is 0.590. The topological polar surface area (TPSA) is 75.9 Å². The minimum Gasteiger partial charge on any atom is -0.366 e. The Kier molecular flexibility index (Phi) is 3.83. The summed E-state index contributed by atoms with van der Waals surface area (Å²) in [5, 5.41) is 3.47. The summed E-state index contributed by atoms with van der Waals surface area (Å²) in [5.74, 6) is 7.96. The maximum Gasteiger partial charge on any atom is 0.239 e. The highest BCUT2D eigenvalue weighted by atomic mass is 79.9. The molecular formula is C11H18BrN5. The Morgan fingerprint density at radius 2 is 2.18 bits per heavy atom. The van der Waals surface area contributed by atoms with Crippen LogP contribution in [0.25, 0.3) is 0 Å². The van der Waals surface area contributed by atoms with Crippen molar-refractivity contribution in [3.63, 3.8) is 0 Å². The second kappa shape index (κ2) is 5.18. The highest BCUT2D eigenvalue weighted by molar-refractivity contribution is 9.10. The molecule has 17 heavy (non-hydrogen) atoms. The molecule has 0 radical (unpaired) electrons. The number of nitrogens with zero attached hydrogens (tertiary/aromatic N) is 2. The van der Waals surface area contributed by atoms with Crippen LogP contribution in [0.15, 0.2) is 10.7 Å². The molecule has 0 spiro atoms. The van der Waals surface area contributed by atoms with E-state index in [1.807, 2.05) is 0 Å². The van der Waals surface area contributed by atoms with Crippen molar-refractivity contribution in [3.05, 3.63) is 10.7 Å². The lowest BCUT2D eigenvalue weighted by Crippen LogP contribution is -2.25. The summed E-state index contributed by atoms with van der Waals surface area (Å²) in [6.45, 7) is 4.58. The van der Waals surface area contributed by atoms with Crippen LogP contribution in [-0.2, 0) is 0 Å². The summed E-state index contributed by atoms with van der Waals surface area (Å²) in [6.07, 6.45) is 4.15. The summed E-state index contributed by atoms with van der Waals surface area (Å²) in [6, 6.07) is 0.474. The summed E-state index contributed by atoms with van der Waals surface area (Å²) in [5.41, 5.74) is 2.46. The fourth-order valence-electron chi connectivity index (χ4n) is 2.28. The maximum atomic E-state index is 5.31. The van der Waals surface area contributed by atoms with E-state index in [2.05, 4.69) is 50.5 Å². The Morgan fingerprint density at radius 3 is 2.76 bits per heavy atom. The van der Waals surface area contributed by atoms with Gasteiger partial charge in [0.15, 0.2) is 0 Å². The number of aromatic nitrogens is 2. The molecule has 1 aliphatic carbocycles. The van der Waals surface area contributed by atoms with Crippen molar-refractivity contribution < 1.29 is 0 Å². The Hall–Kier alpha value is -0.880. The summed E-state index contributed by atoms with van der Waals surface area (Å²) < 4.78 is 0.864. The van der Waals surface area contributed by atoms with E-state index in [9.17, 15) is 0 Å². The summed E-state index contributed by atoms with van der Waals surface area (Å²) in [4.78, 5) is 8.34. The molecule has 1 fully saturated rings. The molecular weight excluding hydrogens is 282 g/mol. The first-order valence-electron chi connectivity index (χ1n) is 5.87. The zero-order valence-electron chi connectivity index (χ0n) is 10.1. The van der Waals surface area contributed by atoms with Gasteiger partial charge in [0.05, 0.1) is 4.47 Å². The van der Waals surface area contributed by atoms with Crippen molar-refractivity contribution in [2.24, 2.45) is 17.7 Å². The zero-order valence-corrected chi connectivity index (χ0v) is 11.7. The number of hydrogen-bond acceptors (Lipinski definition) is 5. The largest absolute Gasteiger partial charge is 0.366 e. The van der Waals surface area contributed by atoms with Crippen LogP contribution in [-0.4, -0.2) is 16.0 Å². The lowest BCUT2D eigenvalue weighted by Gasteiger charge is -2.21. The lowest BCUT2D eigenvalue weighted by atomic mass is 9.98. The molecule has 4 N–H and O–H groups in total. The third-order valence-electron chi connectivity index (χ3n) is 3.66. The van der Waals surface area contributed by atoms with Gasteiger partial charge in [-0.2, -0.15) is 4.98 Å². The van der Waals surface area contributed by atoms with Gasteiger partial charge < -0.3 is 5.32 Å². The SMILES string of the molecule is CC1CCC(Nc2nc(NN)ncc2Br)C1C. The number of rotatable bonds is 3. The Morgan fingerprint density at radius 1 is 1.41 bits per heavy atom. The number of nitrogens with one attached hydrogen (secondary N) is 2. The van der Waals surface area contributed by atoms with Crippen molar-refractivity contribution in [2.45, 2.75) is 32.7 Å². The molecule has 3 atom stereocenters. The number of anilines is 2. The first-order chi connectivity index (χ1) is 8.11. The summed E-state index contributed by atoms with van der Waals surface area (Å²) >= 11 is 3.45. The predicted octanol–water partition coefficient (Wildman–Crippen LogP) is 2.37. The molecule has 94 valence electrons. The molecule has 1 aliphatic rings. The molecule has 0 aromatic carbocycles. The van der Waals surface area contributed by atoms with Crippen molar-refractivity contribution in [1.29, 1.82) is 0 Å². The normalized spacial score (nSPS) is 28.1. The minimum atomic E-state index is 0.425. The van der Waals surface area contributed by atoms with Crippen molar-refractivity contribution in [3.8, 4) is 0 Å². The predicted molar refractivity (Wildman–Crippen MR) is 72.5 cm³/mol. The zero-order chi connectivity index (χ0) is 12.4. The van der Waals surface area contributed by atoms with Crippen LogP contribution in [0.2, 0.25) is 0 Å². The van der Waals surface area contributed by atoms with E-state index in [-0.39, 0.29) is 0 Å². The minimum absolute atomic E-state index is 0.425. The van der Waals surface area contributed by atoms with Gasteiger partial charge in [-0.25, -0.2) is 10.8 Å². The van der Waals surface area contributed by atoms with Crippen LogP contribution in [0.5, 0.6) is 0 Å². The third kappa shape index (κ3) is 2.69. The number of nitrogens with two attached hydrogens (primary N) is 1. The first-order valence-corrected chi connectivity index (χ1v) is 6.66. The van der Waals surface area contributed by atoms with Gasteiger partial charge in [-0.3, -0.25) is 5.43 Å². The monoisotopic (exact) mass is 299 g/mol. The van der Waals surface area contributed by atoms with E-state index in [1.54, 1.807) is 6.20 Å². The number of hydrazine groups is 1. The van der Waals surface area contributed by atoms with Crippen LogP contribution >= 0.6 is 15.9 Å². The van der Waals surface area contributed by atoms with E-state index in [0.717, 1.165) is 16.2 Å². The fraction of sp³-hybridized carbons (Fsp3) is 0.636. The van der Waals surface area contributed by atoms with E-state index < -0.39 is 0 Å². The molecule has 1 aromatic rings. The molecule has 0 amide bonds. The van der Waals surface area contributed by atoms with Gasteiger partial charge in [-0.15, -0.1) is 0 Å². The van der Waals surface area contributed by atoms with Crippen LogP contribution in [0.1, 0.15) is 26.7 Å². The fourth-order valence-corrected chi connectivity index (χ4v) is 2.59. The molecule has 1 aromatic heterocycles. The molecule has 1 saturated carbocycles. The molecule has 2 rings (SSSR count). The second-order valence-corrected chi connectivity index (χ2v) is 5.55. The van der Waals surface area contributed by atoms with E-state index in [1.165, 1.54) is 12.8 Å². The molecule has 0 bridgehead atoms. The van der Waals surface area contributed by atoms with Crippen LogP contribution in [0, 0.1) is 11.8 Å². The molecule has 0 aliphatic heterocycles. The molecule has 5 nitrogen and oxygen atoms in total. The van der Waals surface area contributed by atoms with Crippen LogP contribution in [0.4, 0.5) is 11.8 Å².